The number of aryl methyl sites for hydroxylation is 1. The number of hydrogen-bond donors (Lipinski definition) is 1. The number of rotatable bonds is 3. The highest BCUT2D eigenvalue weighted by Crippen LogP contribution is 2.23. The third-order valence-corrected chi connectivity index (χ3v) is 2.40. The maximum Gasteiger partial charge on any atom is 0.573 e. The Balaban J connectivity index is 2.17. The van der Waals surface area contributed by atoms with E-state index < -0.39 is 6.36 Å². The summed E-state index contributed by atoms with van der Waals surface area (Å²) in [6, 6.07) is 7.41. The summed E-state index contributed by atoms with van der Waals surface area (Å²) in [7, 11) is 0. The number of nitrogens with two attached hydrogens (primary N) is 1. The van der Waals surface area contributed by atoms with Crippen molar-refractivity contribution in [3.8, 4) is 5.75 Å². The van der Waals surface area contributed by atoms with Gasteiger partial charge in [0.05, 0.1) is 12.2 Å². The minimum Gasteiger partial charge on any atom is -0.406 e. The molecule has 0 aliphatic carbocycles. The molecule has 19 heavy (non-hydrogen) atoms. The molecule has 0 radical (unpaired) electrons. The molecule has 0 atom stereocenters. The van der Waals surface area contributed by atoms with Gasteiger partial charge in [0.25, 0.3) is 0 Å². The number of ether oxygens (including phenoxy) is 1. The summed E-state index contributed by atoms with van der Waals surface area (Å²) in [5.41, 5.74) is 7.09. The summed E-state index contributed by atoms with van der Waals surface area (Å²) < 4.78 is 41.7. The zero-order valence-corrected chi connectivity index (χ0v) is 10.1. The van der Waals surface area contributed by atoms with Crippen LogP contribution in [0.15, 0.2) is 30.3 Å². The number of alkyl halides is 3. The van der Waals surface area contributed by atoms with Crippen LogP contribution in [0.25, 0.3) is 0 Å². The Morgan fingerprint density at radius 3 is 2.63 bits per heavy atom. The van der Waals surface area contributed by atoms with Crippen LogP contribution >= 0.6 is 0 Å². The van der Waals surface area contributed by atoms with Gasteiger partial charge in [-0.05, 0) is 24.6 Å². The van der Waals surface area contributed by atoms with Gasteiger partial charge in [-0.15, -0.1) is 13.2 Å². The second-order valence-electron chi connectivity index (χ2n) is 4.06. The van der Waals surface area contributed by atoms with Crippen molar-refractivity contribution in [3.05, 3.63) is 41.6 Å². The van der Waals surface area contributed by atoms with E-state index in [1.807, 2.05) is 0 Å². The van der Waals surface area contributed by atoms with Crippen LogP contribution in [-0.4, -0.2) is 16.1 Å². The molecule has 0 saturated heterocycles. The average Bonchev–Trinajstić information content (AvgIpc) is 2.55. The molecular weight excluding hydrogens is 259 g/mol. The van der Waals surface area contributed by atoms with Crippen LogP contribution in [0.5, 0.6) is 5.75 Å². The number of nitrogen functional groups attached to an aromatic ring is 1. The Morgan fingerprint density at radius 2 is 2.05 bits per heavy atom. The quantitative estimate of drug-likeness (QED) is 0.933. The van der Waals surface area contributed by atoms with E-state index >= 15 is 0 Å². The molecule has 4 nitrogen and oxygen atoms in total. The fraction of sp³-hybridized carbons (Fsp3) is 0.250. The van der Waals surface area contributed by atoms with Crippen LogP contribution in [0.1, 0.15) is 11.3 Å². The standard InChI is InChI=1S/C12H12F3N3O/c1-8-5-11(16)18(17-8)7-9-3-2-4-10(6-9)19-12(13,14)15/h2-6H,7,16H2,1H3. The summed E-state index contributed by atoms with van der Waals surface area (Å²) in [6.07, 6.45) is -4.69. The monoisotopic (exact) mass is 271 g/mol. The van der Waals surface area contributed by atoms with Crippen molar-refractivity contribution >= 4 is 5.82 Å². The molecule has 2 aromatic rings. The first kappa shape index (κ1) is 13.3. The molecule has 7 heteroatoms. The lowest BCUT2D eigenvalue weighted by Crippen LogP contribution is -2.17. The van der Waals surface area contributed by atoms with Gasteiger partial charge in [-0.25, -0.2) is 4.68 Å². The van der Waals surface area contributed by atoms with Gasteiger partial charge in [0.2, 0.25) is 0 Å². The highest BCUT2D eigenvalue weighted by Gasteiger charge is 2.31. The van der Waals surface area contributed by atoms with E-state index in [2.05, 4.69) is 9.84 Å². The summed E-state index contributed by atoms with van der Waals surface area (Å²) in [6.45, 7) is 2.07. The molecule has 0 unspecified atom stereocenters. The maximum absolute atomic E-state index is 12.1. The molecule has 102 valence electrons. The lowest BCUT2D eigenvalue weighted by Gasteiger charge is -2.10. The van der Waals surface area contributed by atoms with E-state index in [4.69, 9.17) is 5.73 Å². The second-order valence-corrected chi connectivity index (χ2v) is 4.06. The molecule has 2 N–H and O–H groups in total. The molecule has 0 saturated carbocycles. The minimum atomic E-state index is -4.69. The van der Waals surface area contributed by atoms with Crippen LogP contribution in [0.3, 0.4) is 0 Å². The molecule has 0 spiro atoms. The van der Waals surface area contributed by atoms with E-state index in [1.54, 1.807) is 19.1 Å². The zero-order chi connectivity index (χ0) is 14.0. The van der Waals surface area contributed by atoms with Crippen molar-refractivity contribution in [2.75, 3.05) is 5.73 Å². The molecular formula is C12H12F3N3O. The van der Waals surface area contributed by atoms with Gasteiger partial charge in [0.15, 0.2) is 0 Å². The zero-order valence-electron chi connectivity index (χ0n) is 10.1. The Hall–Kier alpha value is -2.18. The van der Waals surface area contributed by atoms with E-state index in [-0.39, 0.29) is 12.3 Å². The Labute approximate surface area is 107 Å². The van der Waals surface area contributed by atoms with Crippen LogP contribution < -0.4 is 10.5 Å². The number of benzene rings is 1. The summed E-state index contributed by atoms with van der Waals surface area (Å²) >= 11 is 0. The predicted molar refractivity (Wildman–Crippen MR) is 63.6 cm³/mol. The molecule has 1 heterocycles. The normalized spacial score (nSPS) is 11.6. The lowest BCUT2D eigenvalue weighted by molar-refractivity contribution is -0.274. The molecule has 2 rings (SSSR count). The third-order valence-electron chi connectivity index (χ3n) is 2.40. The topological polar surface area (TPSA) is 53.1 Å². The van der Waals surface area contributed by atoms with Crippen LogP contribution in [0, 0.1) is 6.92 Å². The highest BCUT2D eigenvalue weighted by atomic mass is 19.4. The largest absolute Gasteiger partial charge is 0.573 e. The number of nitrogens with zero attached hydrogens (tertiary/aromatic N) is 2. The number of halogens is 3. The molecule has 0 amide bonds. The Kier molecular flexibility index (Phi) is 3.37. The van der Waals surface area contributed by atoms with Gasteiger partial charge in [0.1, 0.15) is 11.6 Å². The SMILES string of the molecule is Cc1cc(N)n(Cc2cccc(OC(F)(F)F)c2)n1. The van der Waals surface area contributed by atoms with Gasteiger partial charge >= 0.3 is 6.36 Å². The van der Waals surface area contributed by atoms with Crippen LogP contribution in [-0.2, 0) is 6.54 Å². The van der Waals surface area contributed by atoms with Crippen molar-refractivity contribution in [1.82, 2.24) is 9.78 Å². The Morgan fingerprint density at radius 1 is 1.32 bits per heavy atom. The molecule has 1 aromatic heterocycles. The second kappa shape index (κ2) is 4.83. The summed E-state index contributed by atoms with van der Waals surface area (Å²) in [5.74, 6) is 0.201. The molecule has 1 aromatic carbocycles. The van der Waals surface area contributed by atoms with E-state index in [0.29, 0.717) is 11.4 Å². The first-order valence-electron chi connectivity index (χ1n) is 5.48. The Bertz CT molecular complexity index is 578. The smallest absolute Gasteiger partial charge is 0.406 e. The van der Waals surface area contributed by atoms with Crippen molar-refractivity contribution in [2.45, 2.75) is 19.8 Å². The predicted octanol–water partition coefficient (Wildman–Crippen LogP) is 2.72. The van der Waals surface area contributed by atoms with Gasteiger partial charge in [-0.1, -0.05) is 12.1 Å². The molecule has 0 aliphatic rings. The van der Waals surface area contributed by atoms with Crippen molar-refractivity contribution in [2.24, 2.45) is 0 Å². The number of aromatic nitrogens is 2. The van der Waals surface area contributed by atoms with Crippen molar-refractivity contribution in [1.29, 1.82) is 0 Å². The fourth-order valence-corrected chi connectivity index (χ4v) is 1.71. The average molecular weight is 271 g/mol. The summed E-state index contributed by atoms with van der Waals surface area (Å²) in [4.78, 5) is 0. The van der Waals surface area contributed by atoms with Gasteiger partial charge in [-0.2, -0.15) is 5.10 Å². The van der Waals surface area contributed by atoms with E-state index in [0.717, 1.165) is 5.69 Å². The van der Waals surface area contributed by atoms with Gasteiger partial charge in [-0.3, -0.25) is 0 Å². The highest BCUT2D eigenvalue weighted by molar-refractivity contribution is 5.33. The third kappa shape index (κ3) is 3.64. The summed E-state index contributed by atoms with van der Waals surface area (Å²) in [5, 5.41) is 4.14. The molecule has 0 aliphatic heterocycles. The number of hydrogen-bond acceptors (Lipinski definition) is 3. The first-order valence-corrected chi connectivity index (χ1v) is 5.48. The van der Waals surface area contributed by atoms with Crippen LogP contribution in [0.4, 0.5) is 19.0 Å². The van der Waals surface area contributed by atoms with Gasteiger partial charge in [0, 0.05) is 6.07 Å². The maximum atomic E-state index is 12.1. The van der Waals surface area contributed by atoms with Crippen molar-refractivity contribution < 1.29 is 17.9 Å². The van der Waals surface area contributed by atoms with E-state index in [1.165, 1.54) is 22.9 Å². The van der Waals surface area contributed by atoms with Gasteiger partial charge < -0.3 is 10.5 Å². The van der Waals surface area contributed by atoms with E-state index in [9.17, 15) is 13.2 Å². The lowest BCUT2D eigenvalue weighted by atomic mass is 10.2. The molecule has 0 fully saturated rings. The first-order chi connectivity index (χ1) is 8.83. The van der Waals surface area contributed by atoms with Crippen molar-refractivity contribution in [3.63, 3.8) is 0 Å². The molecule has 0 bridgehead atoms. The minimum absolute atomic E-state index is 0.257. The number of anilines is 1. The fourth-order valence-electron chi connectivity index (χ4n) is 1.71. The van der Waals surface area contributed by atoms with Crippen LogP contribution in [0.2, 0.25) is 0 Å².